The van der Waals surface area contributed by atoms with Crippen LogP contribution in [0.5, 0.6) is 0 Å². The number of carbonyl (C=O) groups is 1. The summed E-state index contributed by atoms with van der Waals surface area (Å²) < 4.78 is 4.66. The highest BCUT2D eigenvalue weighted by atomic mass is 16.5. The van der Waals surface area contributed by atoms with E-state index in [4.69, 9.17) is 5.84 Å². The summed E-state index contributed by atoms with van der Waals surface area (Å²) >= 11 is 0. The van der Waals surface area contributed by atoms with E-state index < -0.39 is 6.09 Å². The van der Waals surface area contributed by atoms with Crippen molar-refractivity contribution in [2.45, 2.75) is 32.6 Å². The quantitative estimate of drug-likeness (QED) is 0.274. The number of ether oxygens (including phenoxy) is 1. The summed E-state index contributed by atoms with van der Waals surface area (Å²) in [6, 6.07) is 0. The van der Waals surface area contributed by atoms with Gasteiger partial charge < -0.3 is 4.74 Å². The maximum Gasteiger partial charge on any atom is 0.421 e. The van der Waals surface area contributed by atoms with Crippen molar-refractivity contribution >= 4 is 6.09 Å². The Morgan fingerprint density at radius 1 is 1.45 bits per heavy atom. The molecule has 0 aromatic rings. The third-order valence-corrected chi connectivity index (χ3v) is 1.35. The van der Waals surface area contributed by atoms with Crippen molar-refractivity contribution in [1.82, 2.24) is 5.43 Å². The minimum absolute atomic E-state index is 0.461. The van der Waals surface area contributed by atoms with Crippen LogP contribution in [0.25, 0.3) is 0 Å². The zero-order valence-electron chi connectivity index (χ0n) is 6.93. The minimum Gasteiger partial charge on any atom is -0.449 e. The second-order valence-corrected chi connectivity index (χ2v) is 2.34. The number of carbonyl (C=O) groups excluding carboxylic acids is 1. The van der Waals surface area contributed by atoms with Crippen LogP contribution in [0.4, 0.5) is 4.79 Å². The Morgan fingerprint density at radius 2 is 2.18 bits per heavy atom. The number of amides is 1. The molecule has 11 heavy (non-hydrogen) atoms. The van der Waals surface area contributed by atoms with Gasteiger partial charge in [0.1, 0.15) is 0 Å². The van der Waals surface area contributed by atoms with Gasteiger partial charge in [-0.3, -0.25) is 5.43 Å². The van der Waals surface area contributed by atoms with E-state index >= 15 is 0 Å². The average molecular weight is 160 g/mol. The van der Waals surface area contributed by atoms with Gasteiger partial charge in [-0.15, -0.1) is 0 Å². The van der Waals surface area contributed by atoms with Gasteiger partial charge in [0, 0.05) is 0 Å². The molecule has 0 aromatic heterocycles. The van der Waals surface area contributed by atoms with Gasteiger partial charge in [-0.2, -0.15) is 0 Å². The largest absolute Gasteiger partial charge is 0.449 e. The lowest BCUT2D eigenvalue weighted by Crippen LogP contribution is -2.30. The molecule has 3 N–H and O–H groups in total. The number of hydrogen-bond acceptors (Lipinski definition) is 3. The molecule has 0 heterocycles. The molecule has 0 aliphatic heterocycles. The summed E-state index contributed by atoms with van der Waals surface area (Å²) in [6.45, 7) is 2.59. The molecular formula is C7H16N2O2. The predicted octanol–water partition coefficient (Wildman–Crippen LogP) is 1.17. The highest BCUT2D eigenvalue weighted by Crippen LogP contribution is 1.98. The van der Waals surface area contributed by atoms with E-state index in [1.165, 1.54) is 12.8 Å². The van der Waals surface area contributed by atoms with E-state index in [9.17, 15) is 4.79 Å². The molecule has 0 saturated carbocycles. The molecule has 0 spiro atoms. The van der Waals surface area contributed by atoms with Gasteiger partial charge in [-0.25, -0.2) is 10.6 Å². The molecule has 1 amide bonds. The monoisotopic (exact) mass is 160 g/mol. The van der Waals surface area contributed by atoms with Crippen LogP contribution in [0.3, 0.4) is 0 Å². The van der Waals surface area contributed by atoms with Crippen LogP contribution in [-0.2, 0) is 4.74 Å². The molecular weight excluding hydrogens is 144 g/mol. The normalized spacial score (nSPS) is 9.27. The number of hydrogen-bond donors (Lipinski definition) is 2. The van der Waals surface area contributed by atoms with Crippen molar-refractivity contribution in [2.75, 3.05) is 6.61 Å². The van der Waals surface area contributed by atoms with E-state index in [2.05, 4.69) is 11.7 Å². The third kappa shape index (κ3) is 7.12. The van der Waals surface area contributed by atoms with E-state index in [0.717, 1.165) is 12.8 Å². The van der Waals surface area contributed by atoms with Crippen molar-refractivity contribution in [2.24, 2.45) is 5.84 Å². The summed E-state index contributed by atoms with van der Waals surface area (Å²) in [4.78, 5) is 10.4. The maximum atomic E-state index is 10.4. The van der Waals surface area contributed by atoms with E-state index in [1.54, 1.807) is 0 Å². The van der Waals surface area contributed by atoms with Gasteiger partial charge >= 0.3 is 6.09 Å². The lowest BCUT2D eigenvalue weighted by molar-refractivity contribution is 0.144. The van der Waals surface area contributed by atoms with Crippen LogP contribution in [0.15, 0.2) is 0 Å². The van der Waals surface area contributed by atoms with Crippen molar-refractivity contribution < 1.29 is 9.53 Å². The maximum absolute atomic E-state index is 10.4. The fraction of sp³-hybridized carbons (Fsp3) is 0.857. The predicted molar refractivity (Wildman–Crippen MR) is 42.8 cm³/mol. The number of nitrogens with one attached hydrogen (secondary N) is 1. The fourth-order valence-electron chi connectivity index (χ4n) is 0.735. The van der Waals surface area contributed by atoms with Gasteiger partial charge in [0.15, 0.2) is 0 Å². The van der Waals surface area contributed by atoms with Crippen LogP contribution in [0.2, 0.25) is 0 Å². The minimum atomic E-state index is -0.554. The Morgan fingerprint density at radius 3 is 2.73 bits per heavy atom. The summed E-state index contributed by atoms with van der Waals surface area (Å²) in [5.74, 6) is 4.79. The van der Waals surface area contributed by atoms with Gasteiger partial charge in [0.25, 0.3) is 0 Å². The summed E-state index contributed by atoms with van der Waals surface area (Å²) in [5.41, 5.74) is 1.89. The molecule has 0 aliphatic rings. The Kier molecular flexibility index (Phi) is 6.82. The molecule has 4 nitrogen and oxygen atoms in total. The molecule has 0 atom stereocenters. The number of hydrazine groups is 1. The zero-order chi connectivity index (χ0) is 8.53. The Hall–Kier alpha value is -0.770. The molecule has 0 saturated heterocycles. The lowest BCUT2D eigenvalue weighted by atomic mass is 10.2. The number of nitrogens with two attached hydrogens (primary N) is 1. The van der Waals surface area contributed by atoms with Gasteiger partial charge in [-0.1, -0.05) is 26.2 Å². The smallest absolute Gasteiger partial charge is 0.421 e. The summed E-state index contributed by atoms with van der Waals surface area (Å²) in [5, 5.41) is 0. The SMILES string of the molecule is CCCCCCOC(=O)NN. The summed E-state index contributed by atoms with van der Waals surface area (Å²) in [6.07, 6.45) is 3.84. The average Bonchev–Trinajstić information content (AvgIpc) is 2.04. The molecule has 0 radical (unpaired) electrons. The zero-order valence-corrected chi connectivity index (χ0v) is 6.93. The molecule has 66 valence electrons. The molecule has 0 fully saturated rings. The first-order valence-corrected chi connectivity index (χ1v) is 3.94. The first kappa shape index (κ1) is 10.2. The topological polar surface area (TPSA) is 64.3 Å². The van der Waals surface area contributed by atoms with E-state index in [-0.39, 0.29) is 0 Å². The highest BCUT2D eigenvalue weighted by molar-refractivity contribution is 5.66. The Bertz CT molecular complexity index is 107. The number of unbranched alkanes of at least 4 members (excludes halogenated alkanes) is 3. The van der Waals surface area contributed by atoms with Crippen LogP contribution >= 0.6 is 0 Å². The highest BCUT2D eigenvalue weighted by Gasteiger charge is 1.95. The third-order valence-electron chi connectivity index (χ3n) is 1.35. The Labute approximate surface area is 67.1 Å². The van der Waals surface area contributed by atoms with E-state index in [0.29, 0.717) is 6.61 Å². The first-order valence-electron chi connectivity index (χ1n) is 3.94. The van der Waals surface area contributed by atoms with Crippen molar-refractivity contribution in [3.63, 3.8) is 0 Å². The van der Waals surface area contributed by atoms with Gasteiger partial charge in [0.05, 0.1) is 6.61 Å². The standard InChI is InChI=1S/C7H16N2O2/c1-2-3-4-5-6-11-7(10)9-8/h2-6,8H2,1H3,(H,9,10). The Balaban J connectivity index is 2.95. The van der Waals surface area contributed by atoms with Crippen LogP contribution < -0.4 is 11.3 Å². The number of rotatable bonds is 5. The van der Waals surface area contributed by atoms with Crippen molar-refractivity contribution in [3.05, 3.63) is 0 Å². The molecule has 0 aliphatic carbocycles. The fourth-order valence-corrected chi connectivity index (χ4v) is 0.735. The lowest BCUT2D eigenvalue weighted by Gasteiger charge is -2.01. The van der Waals surface area contributed by atoms with Crippen molar-refractivity contribution in [3.8, 4) is 0 Å². The van der Waals surface area contributed by atoms with Gasteiger partial charge in [0.2, 0.25) is 0 Å². The second kappa shape index (κ2) is 7.34. The van der Waals surface area contributed by atoms with Crippen molar-refractivity contribution in [1.29, 1.82) is 0 Å². The molecule has 0 bridgehead atoms. The van der Waals surface area contributed by atoms with Crippen LogP contribution in [0.1, 0.15) is 32.6 Å². The van der Waals surface area contributed by atoms with Crippen LogP contribution in [-0.4, -0.2) is 12.7 Å². The van der Waals surface area contributed by atoms with Gasteiger partial charge in [-0.05, 0) is 6.42 Å². The van der Waals surface area contributed by atoms with Crippen LogP contribution in [0, 0.1) is 0 Å². The summed E-state index contributed by atoms with van der Waals surface area (Å²) in [7, 11) is 0. The first-order chi connectivity index (χ1) is 5.31. The van der Waals surface area contributed by atoms with E-state index in [1.807, 2.05) is 5.43 Å². The second-order valence-electron chi connectivity index (χ2n) is 2.34. The molecule has 4 heteroatoms. The molecule has 0 unspecified atom stereocenters. The molecule has 0 aromatic carbocycles. The molecule has 0 rings (SSSR count).